The van der Waals surface area contributed by atoms with Gasteiger partial charge in [0.1, 0.15) is 11.5 Å². The quantitative estimate of drug-likeness (QED) is 0.611. The second kappa shape index (κ2) is 7.61. The molecule has 0 spiro atoms. The first-order valence-corrected chi connectivity index (χ1v) is 8.92. The van der Waals surface area contributed by atoms with Gasteiger partial charge in [0.25, 0.3) is 0 Å². The molecule has 3 aromatic rings. The minimum absolute atomic E-state index is 0.395. The lowest BCUT2D eigenvalue weighted by molar-refractivity contribution is 0.414. The summed E-state index contributed by atoms with van der Waals surface area (Å²) in [4.78, 5) is 0. The number of benzene rings is 2. The van der Waals surface area contributed by atoms with Crippen molar-refractivity contribution >= 4 is 11.8 Å². The Morgan fingerprint density at radius 1 is 0.920 bits per heavy atom. The molecule has 0 bridgehead atoms. The molecule has 130 valence electrons. The predicted molar refractivity (Wildman–Crippen MR) is 101 cm³/mol. The fraction of sp³-hybridized carbons (Fsp3) is 0.263. The van der Waals surface area contributed by atoms with Crippen LogP contribution in [0.25, 0.3) is 17.1 Å². The van der Waals surface area contributed by atoms with Gasteiger partial charge in [0.2, 0.25) is 0 Å². The molecular weight excluding hydrogens is 334 g/mol. The van der Waals surface area contributed by atoms with Gasteiger partial charge >= 0.3 is 0 Å². The first kappa shape index (κ1) is 17.4. The van der Waals surface area contributed by atoms with Crippen molar-refractivity contribution in [3.63, 3.8) is 0 Å². The van der Waals surface area contributed by atoms with E-state index < -0.39 is 0 Å². The Labute approximate surface area is 152 Å². The monoisotopic (exact) mass is 355 g/mol. The summed E-state index contributed by atoms with van der Waals surface area (Å²) < 4.78 is 12.8. The van der Waals surface area contributed by atoms with E-state index in [1.165, 1.54) is 0 Å². The topological polar surface area (TPSA) is 49.2 Å². The lowest BCUT2D eigenvalue weighted by Gasteiger charge is -2.13. The van der Waals surface area contributed by atoms with Crippen LogP contribution in [-0.2, 0) is 0 Å². The van der Waals surface area contributed by atoms with E-state index in [1.54, 1.807) is 26.0 Å². The Hall–Kier alpha value is -2.47. The number of aromatic nitrogens is 3. The highest BCUT2D eigenvalue weighted by molar-refractivity contribution is 7.99. The van der Waals surface area contributed by atoms with Crippen LogP contribution in [0.15, 0.2) is 53.7 Å². The summed E-state index contributed by atoms with van der Waals surface area (Å²) in [5.74, 6) is 2.34. The van der Waals surface area contributed by atoms with Crippen LogP contribution in [0.2, 0.25) is 0 Å². The number of para-hydroxylation sites is 1. The second-order valence-electron chi connectivity index (χ2n) is 5.71. The van der Waals surface area contributed by atoms with Gasteiger partial charge in [0.15, 0.2) is 11.0 Å². The molecule has 1 aromatic heterocycles. The summed E-state index contributed by atoms with van der Waals surface area (Å²) in [6, 6.07) is 15.7. The lowest BCUT2D eigenvalue weighted by atomic mass is 10.2. The van der Waals surface area contributed by atoms with Crippen molar-refractivity contribution in [3.8, 4) is 28.6 Å². The van der Waals surface area contributed by atoms with Crippen molar-refractivity contribution in [2.45, 2.75) is 24.3 Å². The summed E-state index contributed by atoms with van der Waals surface area (Å²) in [6.45, 7) is 4.28. The summed E-state index contributed by atoms with van der Waals surface area (Å²) in [5, 5.41) is 10.1. The molecule has 0 unspecified atom stereocenters. The zero-order valence-electron chi connectivity index (χ0n) is 14.8. The lowest BCUT2D eigenvalue weighted by Crippen LogP contribution is -2.02. The fourth-order valence-corrected chi connectivity index (χ4v) is 3.33. The first-order valence-electron chi connectivity index (χ1n) is 8.04. The van der Waals surface area contributed by atoms with Crippen molar-refractivity contribution in [2.75, 3.05) is 14.2 Å². The molecule has 5 nitrogen and oxygen atoms in total. The Balaban J connectivity index is 2.17. The predicted octanol–water partition coefficient (Wildman–Crippen LogP) is 4.45. The normalized spacial score (nSPS) is 10.9. The van der Waals surface area contributed by atoms with Crippen LogP contribution in [0, 0.1) is 0 Å². The maximum absolute atomic E-state index is 5.51. The number of ether oxygens (including phenoxy) is 2. The highest BCUT2D eigenvalue weighted by Crippen LogP contribution is 2.34. The van der Waals surface area contributed by atoms with Crippen LogP contribution in [0.3, 0.4) is 0 Å². The van der Waals surface area contributed by atoms with E-state index in [0.717, 1.165) is 33.7 Å². The van der Waals surface area contributed by atoms with Crippen LogP contribution in [0.4, 0.5) is 0 Å². The largest absolute Gasteiger partial charge is 0.497 e. The van der Waals surface area contributed by atoms with Crippen molar-refractivity contribution in [3.05, 3.63) is 48.5 Å². The molecule has 0 aliphatic carbocycles. The van der Waals surface area contributed by atoms with Crippen molar-refractivity contribution in [1.82, 2.24) is 14.8 Å². The van der Waals surface area contributed by atoms with Crippen molar-refractivity contribution in [2.24, 2.45) is 0 Å². The third-order valence-electron chi connectivity index (χ3n) is 3.65. The zero-order chi connectivity index (χ0) is 17.8. The second-order valence-corrected chi connectivity index (χ2v) is 7.25. The maximum atomic E-state index is 5.51. The van der Waals surface area contributed by atoms with Crippen LogP contribution in [0.5, 0.6) is 11.5 Å². The third-order valence-corrected chi connectivity index (χ3v) is 4.60. The standard InChI is InChI=1S/C19H21N3O2S/c1-13(2)25-19-21-20-18(16-7-5-6-8-17(16)24-4)22(19)14-9-11-15(23-3)12-10-14/h5-13H,1-4H3. The molecule has 25 heavy (non-hydrogen) atoms. The summed E-state index contributed by atoms with van der Waals surface area (Å²) in [5.41, 5.74) is 1.89. The molecule has 0 saturated heterocycles. The number of thioether (sulfide) groups is 1. The zero-order valence-corrected chi connectivity index (χ0v) is 15.6. The van der Waals surface area contributed by atoms with Gasteiger partial charge in [0.05, 0.1) is 25.5 Å². The number of nitrogens with zero attached hydrogens (tertiary/aromatic N) is 3. The van der Waals surface area contributed by atoms with E-state index in [2.05, 4.69) is 28.6 Å². The molecule has 1 heterocycles. The van der Waals surface area contributed by atoms with Gasteiger partial charge in [-0.1, -0.05) is 37.7 Å². The van der Waals surface area contributed by atoms with E-state index >= 15 is 0 Å². The van der Waals surface area contributed by atoms with Gasteiger partial charge in [-0.3, -0.25) is 4.57 Å². The number of hydrogen-bond donors (Lipinski definition) is 0. The maximum Gasteiger partial charge on any atom is 0.196 e. The number of methoxy groups -OCH3 is 2. The molecule has 0 fully saturated rings. The Morgan fingerprint density at radius 2 is 1.64 bits per heavy atom. The average Bonchev–Trinajstić information content (AvgIpc) is 3.04. The molecule has 0 aliphatic heterocycles. The Morgan fingerprint density at radius 3 is 2.28 bits per heavy atom. The van der Waals surface area contributed by atoms with E-state index in [-0.39, 0.29) is 0 Å². The number of hydrogen-bond acceptors (Lipinski definition) is 5. The Bertz CT molecular complexity index is 844. The summed E-state index contributed by atoms with van der Waals surface area (Å²) in [7, 11) is 3.32. The minimum Gasteiger partial charge on any atom is -0.497 e. The van der Waals surface area contributed by atoms with Gasteiger partial charge in [-0.15, -0.1) is 10.2 Å². The average molecular weight is 355 g/mol. The van der Waals surface area contributed by atoms with E-state index in [0.29, 0.717) is 5.25 Å². The van der Waals surface area contributed by atoms with Gasteiger partial charge in [-0.2, -0.15) is 0 Å². The SMILES string of the molecule is COc1ccc(-n2c(SC(C)C)nnc2-c2ccccc2OC)cc1. The molecule has 0 radical (unpaired) electrons. The van der Waals surface area contributed by atoms with Crippen LogP contribution < -0.4 is 9.47 Å². The van der Waals surface area contributed by atoms with E-state index in [4.69, 9.17) is 9.47 Å². The van der Waals surface area contributed by atoms with Gasteiger partial charge in [-0.05, 0) is 36.4 Å². The summed E-state index contributed by atoms with van der Waals surface area (Å²) in [6.07, 6.45) is 0. The third kappa shape index (κ3) is 3.64. The van der Waals surface area contributed by atoms with Crippen LogP contribution in [0.1, 0.15) is 13.8 Å². The molecule has 0 aliphatic rings. The Kier molecular flexibility index (Phi) is 5.28. The van der Waals surface area contributed by atoms with Gasteiger partial charge < -0.3 is 9.47 Å². The molecule has 0 atom stereocenters. The molecular formula is C19H21N3O2S. The van der Waals surface area contributed by atoms with E-state index in [9.17, 15) is 0 Å². The fourth-order valence-electron chi connectivity index (χ4n) is 2.52. The molecule has 0 saturated carbocycles. The molecule has 6 heteroatoms. The highest BCUT2D eigenvalue weighted by Gasteiger charge is 2.19. The molecule has 0 amide bonds. The van der Waals surface area contributed by atoms with E-state index in [1.807, 2.05) is 48.5 Å². The van der Waals surface area contributed by atoms with Gasteiger partial charge in [0, 0.05) is 5.25 Å². The minimum atomic E-state index is 0.395. The first-order chi connectivity index (χ1) is 12.1. The smallest absolute Gasteiger partial charge is 0.196 e. The molecule has 2 aromatic carbocycles. The van der Waals surface area contributed by atoms with Crippen LogP contribution in [-0.4, -0.2) is 34.2 Å². The molecule has 0 N–H and O–H groups in total. The number of rotatable bonds is 6. The van der Waals surface area contributed by atoms with Crippen molar-refractivity contribution < 1.29 is 9.47 Å². The highest BCUT2D eigenvalue weighted by atomic mass is 32.2. The van der Waals surface area contributed by atoms with Crippen molar-refractivity contribution in [1.29, 1.82) is 0 Å². The van der Waals surface area contributed by atoms with Gasteiger partial charge in [-0.25, -0.2) is 0 Å². The molecule has 3 rings (SSSR count). The van der Waals surface area contributed by atoms with Crippen LogP contribution >= 0.6 is 11.8 Å². The summed E-state index contributed by atoms with van der Waals surface area (Å²) >= 11 is 1.68.